The van der Waals surface area contributed by atoms with E-state index in [-0.39, 0.29) is 11.8 Å². The van der Waals surface area contributed by atoms with E-state index in [0.29, 0.717) is 5.75 Å². The number of nitrogens with zero attached hydrogens (tertiary/aromatic N) is 2. The Kier molecular flexibility index (Phi) is 3.31. The maximum absolute atomic E-state index is 11.1. The average Bonchev–Trinajstić information content (AvgIpc) is 2.91. The molecule has 6 heteroatoms. The number of hydrogen-bond donors (Lipinski definition) is 1. The van der Waals surface area contributed by atoms with E-state index in [2.05, 4.69) is 5.10 Å². The van der Waals surface area contributed by atoms with Crippen molar-refractivity contribution in [3.8, 4) is 5.75 Å². The normalized spacial score (nSPS) is 19.1. The van der Waals surface area contributed by atoms with Crippen molar-refractivity contribution in [2.24, 2.45) is 0 Å². The summed E-state index contributed by atoms with van der Waals surface area (Å²) in [4.78, 5) is 11.1. The second-order valence-electron chi connectivity index (χ2n) is 4.83. The van der Waals surface area contributed by atoms with E-state index in [1.165, 1.54) is 13.2 Å². The number of rotatable bonds is 3. The lowest BCUT2D eigenvalue weighted by Crippen LogP contribution is -2.19. The molecule has 0 spiro atoms. The minimum atomic E-state index is -0.980. The van der Waals surface area contributed by atoms with Gasteiger partial charge in [-0.25, -0.2) is 9.48 Å². The fourth-order valence-corrected chi connectivity index (χ4v) is 2.57. The number of carboxylic acids is 1. The number of carboxylic acid groups (broad SMARTS) is 1. The van der Waals surface area contributed by atoms with Crippen molar-refractivity contribution < 1.29 is 19.4 Å². The molecule has 1 aromatic carbocycles. The quantitative estimate of drug-likeness (QED) is 0.932. The van der Waals surface area contributed by atoms with E-state index >= 15 is 0 Å². The summed E-state index contributed by atoms with van der Waals surface area (Å²) in [5.41, 5.74) is 0.975. The first-order chi connectivity index (χ1) is 9.70. The van der Waals surface area contributed by atoms with Crippen molar-refractivity contribution in [1.29, 1.82) is 0 Å². The molecule has 106 valence electrons. The Hall–Kier alpha value is -2.08. The van der Waals surface area contributed by atoms with Gasteiger partial charge in [0.1, 0.15) is 11.3 Å². The number of aromatic carboxylic acids is 1. The van der Waals surface area contributed by atoms with Gasteiger partial charge < -0.3 is 14.6 Å². The van der Waals surface area contributed by atoms with Crippen LogP contribution in [-0.4, -0.2) is 34.6 Å². The van der Waals surface area contributed by atoms with Gasteiger partial charge in [0.05, 0.1) is 18.9 Å². The highest BCUT2D eigenvalue weighted by Crippen LogP contribution is 2.32. The molecule has 1 atom stereocenters. The third kappa shape index (κ3) is 2.12. The van der Waals surface area contributed by atoms with E-state index in [4.69, 9.17) is 14.6 Å². The van der Waals surface area contributed by atoms with Crippen molar-refractivity contribution in [3.05, 3.63) is 23.9 Å². The van der Waals surface area contributed by atoms with Crippen LogP contribution in [0.5, 0.6) is 5.75 Å². The lowest BCUT2D eigenvalue weighted by molar-refractivity contribution is -0.0368. The lowest BCUT2D eigenvalue weighted by Gasteiger charge is -2.24. The van der Waals surface area contributed by atoms with Gasteiger partial charge >= 0.3 is 5.97 Å². The molecule has 1 fully saturated rings. The molecular formula is C14H16N2O4. The predicted molar refractivity (Wildman–Crippen MR) is 72.1 cm³/mol. The summed E-state index contributed by atoms with van der Waals surface area (Å²) in [6.07, 6.45) is 4.62. The van der Waals surface area contributed by atoms with Crippen LogP contribution in [-0.2, 0) is 4.74 Å². The van der Waals surface area contributed by atoms with Crippen LogP contribution in [0.3, 0.4) is 0 Å². The first-order valence-corrected chi connectivity index (χ1v) is 6.61. The molecular weight excluding hydrogens is 260 g/mol. The minimum absolute atomic E-state index is 0.106. The van der Waals surface area contributed by atoms with Gasteiger partial charge in [-0.05, 0) is 31.4 Å². The van der Waals surface area contributed by atoms with Crippen LogP contribution < -0.4 is 4.74 Å². The zero-order chi connectivity index (χ0) is 14.1. The lowest BCUT2D eigenvalue weighted by atomic mass is 10.1. The molecule has 2 heterocycles. The average molecular weight is 276 g/mol. The molecule has 1 unspecified atom stereocenters. The monoisotopic (exact) mass is 276 g/mol. The molecule has 0 aliphatic carbocycles. The van der Waals surface area contributed by atoms with E-state index in [0.717, 1.165) is 36.8 Å². The smallest absolute Gasteiger partial charge is 0.335 e. The maximum Gasteiger partial charge on any atom is 0.335 e. The summed E-state index contributed by atoms with van der Waals surface area (Å²) >= 11 is 0. The molecule has 3 rings (SSSR count). The zero-order valence-electron chi connectivity index (χ0n) is 11.2. The summed E-state index contributed by atoms with van der Waals surface area (Å²) < 4.78 is 12.9. The van der Waals surface area contributed by atoms with Gasteiger partial charge in [-0.1, -0.05) is 0 Å². The number of ether oxygens (including phenoxy) is 2. The molecule has 1 aliphatic heterocycles. The minimum Gasteiger partial charge on any atom is -0.494 e. The summed E-state index contributed by atoms with van der Waals surface area (Å²) in [6.45, 7) is 0.724. The van der Waals surface area contributed by atoms with Crippen molar-refractivity contribution in [3.63, 3.8) is 0 Å². The Morgan fingerprint density at radius 1 is 1.50 bits per heavy atom. The summed E-state index contributed by atoms with van der Waals surface area (Å²) in [6, 6.07) is 3.12. The van der Waals surface area contributed by atoms with Crippen molar-refractivity contribution in [2.75, 3.05) is 13.7 Å². The maximum atomic E-state index is 11.1. The standard InChI is InChI=1S/C14H16N2O4/c1-19-11-7-9(14(17)18)6-10-8-15-16(13(10)11)12-4-2-3-5-20-12/h6-8,12H,2-5H2,1H3,(H,17,18). The van der Waals surface area contributed by atoms with Gasteiger partial charge in [-0.15, -0.1) is 0 Å². The molecule has 6 nitrogen and oxygen atoms in total. The molecule has 1 aliphatic rings. The Balaban J connectivity index is 2.12. The predicted octanol–water partition coefficient (Wildman–Crippen LogP) is 2.44. The molecule has 2 aromatic rings. The number of methoxy groups -OCH3 is 1. The van der Waals surface area contributed by atoms with E-state index in [1.54, 1.807) is 16.9 Å². The highest BCUT2D eigenvalue weighted by Gasteiger charge is 2.21. The second kappa shape index (κ2) is 5.13. The first-order valence-electron chi connectivity index (χ1n) is 6.61. The van der Waals surface area contributed by atoms with E-state index in [1.807, 2.05) is 0 Å². The zero-order valence-corrected chi connectivity index (χ0v) is 11.2. The topological polar surface area (TPSA) is 73.6 Å². The first kappa shape index (κ1) is 12.9. The fourth-order valence-electron chi connectivity index (χ4n) is 2.57. The van der Waals surface area contributed by atoms with E-state index < -0.39 is 5.97 Å². The van der Waals surface area contributed by atoms with Gasteiger partial charge in [0.15, 0.2) is 6.23 Å². The van der Waals surface area contributed by atoms with Gasteiger partial charge in [0.2, 0.25) is 0 Å². The van der Waals surface area contributed by atoms with Crippen LogP contribution in [0.15, 0.2) is 18.3 Å². The van der Waals surface area contributed by atoms with Crippen LogP contribution >= 0.6 is 0 Å². The van der Waals surface area contributed by atoms with Gasteiger partial charge in [0, 0.05) is 12.0 Å². The Bertz CT molecular complexity index is 644. The number of benzene rings is 1. The van der Waals surface area contributed by atoms with Crippen molar-refractivity contribution >= 4 is 16.9 Å². The largest absolute Gasteiger partial charge is 0.494 e. The molecule has 0 radical (unpaired) electrons. The van der Waals surface area contributed by atoms with Gasteiger partial charge in [0.25, 0.3) is 0 Å². The highest BCUT2D eigenvalue weighted by molar-refractivity contribution is 5.96. The third-order valence-corrected chi connectivity index (χ3v) is 3.55. The number of hydrogen-bond acceptors (Lipinski definition) is 4. The third-order valence-electron chi connectivity index (χ3n) is 3.55. The SMILES string of the molecule is COc1cc(C(=O)O)cc2cnn(C3CCCCO3)c12. The summed E-state index contributed by atoms with van der Waals surface area (Å²) in [5, 5.41) is 14.2. The van der Waals surface area contributed by atoms with Crippen LogP contribution in [0.25, 0.3) is 10.9 Å². The van der Waals surface area contributed by atoms with Crippen LogP contribution in [0.4, 0.5) is 0 Å². The Morgan fingerprint density at radius 2 is 2.35 bits per heavy atom. The van der Waals surface area contributed by atoms with Gasteiger partial charge in [-0.3, -0.25) is 0 Å². The van der Waals surface area contributed by atoms with Crippen molar-refractivity contribution in [2.45, 2.75) is 25.5 Å². The molecule has 20 heavy (non-hydrogen) atoms. The highest BCUT2D eigenvalue weighted by atomic mass is 16.5. The molecule has 0 saturated carbocycles. The second-order valence-corrected chi connectivity index (χ2v) is 4.83. The Morgan fingerprint density at radius 3 is 3.00 bits per heavy atom. The van der Waals surface area contributed by atoms with Crippen LogP contribution in [0, 0.1) is 0 Å². The summed E-state index contributed by atoms with van der Waals surface area (Å²) in [5.74, 6) is -0.474. The molecule has 1 N–H and O–H groups in total. The number of carbonyl (C=O) groups is 1. The molecule has 1 saturated heterocycles. The molecule has 0 bridgehead atoms. The molecule has 0 amide bonds. The van der Waals surface area contributed by atoms with Crippen LogP contribution in [0.2, 0.25) is 0 Å². The fraction of sp³-hybridized carbons (Fsp3) is 0.429. The summed E-state index contributed by atoms with van der Waals surface area (Å²) in [7, 11) is 1.53. The number of aromatic nitrogens is 2. The Labute approximate surface area is 115 Å². The van der Waals surface area contributed by atoms with E-state index in [9.17, 15) is 4.79 Å². The number of fused-ring (bicyclic) bond motifs is 1. The van der Waals surface area contributed by atoms with Gasteiger partial charge in [-0.2, -0.15) is 5.10 Å². The molecule has 1 aromatic heterocycles. The van der Waals surface area contributed by atoms with Crippen LogP contribution in [0.1, 0.15) is 35.8 Å². The van der Waals surface area contributed by atoms with Crippen molar-refractivity contribution in [1.82, 2.24) is 9.78 Å².